The molecule has 1 unspecified atom stereocenters. The molecule has 0 fully saturated rings. The summed E-state index contributed by atoms with van der Waals surface area (Å²) in [6.07, 6.45) is 0. The van der Waals surface area contributed by atoms with Crippen molar-refractivity contribution in [2.24, 2.45) is 0 Å². The summed E-state index contributed by atoms with van der Waals surface area (Å²) in [4.78, 5) is 16.6. The SMILES string of the molecule is O=c1[nH]c2ccc(C(Cl)c3cc(Cl)cc(Cl)c3)cc2[nH]1. The second-order valence-electron chi connectivity index (χ2n) is 4.45. The van der Waals surface area contributed by atoms with E-state index in [0.717, 1.165) is 16.6 Å². The molecule has 0 saturated carbocycles. The van der Waals surface area contributed by atoms with E-state index >= 15 is 0 Å². The Balaban J connectivity index is 2.06. The van der Waals surface area contributed by atoms with Crippen LogP contribution in [0.5, 0.6) is 0 Å². The highest BCUT2D eigenvalue weighted by atomic mass is 35.5. The summed E-state index contributed by atoms with van der Waals surface area (Å²) in [6, 6.07) is 10.7. The van der Waals surface area contributed by atoms with Crippen LogP contribution in [0, 0.1) is 0 Å². The van der Waals surface area contributed by atoms with E-state index in [1.807, 2.05) is 18.2 Å². The molecule has 0 radical (unpaired) electrons. The molecule has 0 bridgehead atoms. The van der Waals surface area contributed by atoms with Crippen LogP contribution in [0.3, 0.4) is 0 Å². The van der Waals surface area contributed by atoms with Crippen molar-refractivity contribution in [1.82, 2.24) is 9.97 Å². The first-order valence-corrected chi connectivity index (χ1v) is 7.04. The van der Waals surface area contributed by atoms with E-state index in [-0.39, 0.29) is 5.69 Å². The average Bonchev–Trinajstić information content (AvgIpc) is 2.75. The summed E-state index contributed by atoms with van der Waals surface area (Å²) in [5.41, 5.74) is 2.88. The standard InChI is InChI=1S/C14H9Cl3N2O/c15-9-3-8(4-10(16)6-9)13(17)7-1-2-11-12(5-7)19-14(20)18-11/h1-6,13H,(H2,18,19,20). The van der Waals surface area contributed by atoms with E-state index in [1.54, 1.807) is 18.2 Å². The quantitative estimate of drug-likeness (QED) is 0.669. The minimum absolute atomic E-state index is 0.242. The number of benzene rings is 2. The van der Waals surface area contributed by atoms with Crippen LogP contribution >= 0.6 is 34.8 Å². The van der Waals surface area contributed by atoms with Crippen LogP contribution < -0.4 is 5.69 Å². The zero-order valence-electron chi connectivity index (χ0n) is 10.1. The summed E-state index contributed by atoms with van der Waals surface area (Å²) in [7, 11) is 0. The molecule has 6 heteroatoms. The zero-order chi connectivity index (χ0) is 14.3. The van der Waals surface area contributed by atoms with Crippen molar-refractivity contribution in [3.05, 3.63) is 68.1 Å². The number of hydrogen-bond acceptors (Lipinski definition) is 1. The first kappa shape index (κ1) is 13.6. The number of imidazole rings is 1. The molecule has 20 heavy (non-hydrogen) atoms. The van der Waals surface area contributed by atoms with Gasteiger partial charge in [-0.3, -0.25) is 0 Å². The Hall–Kier alpha value is -1.42. The second kappa shape index (κ2) is 5.17. The molecule has 0 aliphatic heterocycles. The van der Waals surface area contributed by atoms with E-state index in [1.165, 1.54) is 0 Å². The lowest BCUT2D eigenvalue weighted by Crippen LogP contribution is -1.99. The first-order valence-electron chi connectivity index (χ1n) is 5.85. The van der Waals surface area contributed by atoms with E-state index < -0.39 is 5.38 Å². The van der Waals surface area contributed by atoms with Crippen LogP contribution in [0.25, 0.3) is 11.0 Å². The normalized spacial score (nSPS) is 12.8. The van der Waals surface area contributed by atoms with Crippen molar-refractivity contribution in [2.75, 3.05) is 0 Å². The van der Waals surface area contributed by atoms with Gasteiger partial charge in [0.25, 0.3) is 0 Å². The van der Waals surface area contributed by atoms with Gasteiger partial charge in [0.1, 0.15) is 0 Å². The first-order chi connectivity index (χ1) is 9.52. The molecule has 0 aliphatic carbocycles. The topological polar surface area (TPSA) is 48.6 Å². The molecule has 3 nitrogen and oxygen atoms in total. The van der Waals surface area contributed by atoms with Gasteiger partial charge in [0.05, 0.1) is 16.4 Å². The maximum atomic E-state index is 11.3. The van der Waals surface area contributed by atoms with Crippen molar-refractivity contribution < 1.29 is 0 Å². The van der Waals surface area contributed by atoms with Gasteiger partial charge in [-0.15, -0.1) is 11.6 Å². The molecule has 1 aromatic heterocycles. The minimum atomic E-state index is -0.394. The highest BCUT2D eigenvalue weighted by molar-refractivity contribution is 6.35. The fourth-order valence-corrected chi connectivity index (χ4v) is 2.93. The van der Waals surface area contributed by atoms with Crippen LogP contribution in [-0.4, -0.2) is 9.97 Å². The molecule has 2 aromatic carbocycles. The molecule has 0 spiro atoms. The van der Waals surface area contributed by atoms with E-state index in [4.69, 9.17) is 34.8 Å². The fourth-order valence-electron chi connectivity index (χ4n) is 2.12. The number of H-pyrrole nitrogens is 2. The third-order valence-electron chi connectivity index (χ3n) is 3.01. The van der Waals surface area contributed by atoms with Crippen molar-refractivity contribution in [3.8, 4) is 0 Å². The lowest BCUT2D eigenvalue weighted by Gasteiger charge is -2.11. The van der Waals surface area contributed by atoms with Crippen molar-refractivity contribution in [1.29, 1.82) is 0 Å². The Morgan fingerprint density at radius 2 is 1.50 bits per heavy atom. The second-order valence-corrected chi connectivity index (χ2v) is 5.76. The summed E-state index contributed by atoms with van der Waals surface area (Å²) in [5, 5.41) is 0.678. The van der Waals surface area contributed by atoms with Gasteiger partial charge in [-0.2, -0.15) is 0 Å². The highest BCUT2D eigenvalue weighted by Crippen LogP contribution is 2.33. The van der Waals surface area contributed by atoms with E-state index in [2.05, 4.69) is 9.97 Å². The van der Waals surface area contributed by atoms with Gasteiger partial charge in [-0.25, -0.2) is 4.79 Å². The number of hydrogen-bond donors (Lipinski definition) is 2. The van der Waals surface area contributed by atoms with Gasteiger partial charge in [-0.1, -0.05) is 29.3 Å². The molecule has 0 aliphatic rings. The molecular formula is C14H9Cl3N2O. The molecule has 3 rings (SSSR count). The molecule has 0 amide bonds. The summed E-state index contributed by atoms with van der Waals surface area (Å²) < 4.78 is 0. The van der Waals surface area contributed by atoms with Gasteiger partial charge < -0.3 is 9.97 Å². The van der Waals surface area contributed by atoms with Crippen LogP contribution in [0.1, 0.15) is 16.5 Å². The Bertz CT molecular complexity index is 818. The van der Waals surface area contributed by atoms with Crippen LogP contribution in [0.15, 0.2) is 41.2 Å². The van der Waals surface area contributed by atoms with Gasteiger partial charge in [0, 0.05) is 10.0 Å². The number of alkyl halides is 1. The van der Waals surface area contributed by atoms with E-state index in [9.17, 15) is 4.79 Å². The van der Waals surface area contributed by atoms with Crippen LogP contribution in [-0.2, 0) is 0 Å². The Kier molecular flexibility index (Phi) is 3.50. The molecule has 102 valence electrons. The van der Waals surface area contributed by atoms with Crippen LogP contribution in [0.2, 0.25) is 10.0 Å². The lowest BCUT2D eigenvalue weighted by molar-refractivity contribution is 1.14. The van der Waals surface area contributed by atoms with Gasteiger partial charge >= 0.3 is 5.69 Å². The number of fused-ring (bicyclic) bond motifs is 1. The third-order valence-corrected chi connectivity index (χ3v) is 3.95. The maximum Gasteiger partial charge on any atom is 0.323 e. The number of aromatic nitrogens is 2. The predicted octanol–water partition coefficient (Wildman–Crippen LogP) is 4.49. The number of aromatic amines is 2. The van der Waals surface area contributed by atoms with Gasteiger partial charge in [0.15, 0.2) is 0 Å². The number of rotatable bonds is 2. The molecular weight excluding hydrogens is 319 g/mol. The Labute approximate surface area is 129 Å². The van der Waals surface area contributed by atoms with Gasteiger partial charge in [-0.05, 0) is 41.5 Å². The lowest BCUT2D eigenvalue weighted by atomic mass is 10.0. The van der Waals surface area contributed by atoms with E-state index in [0.29, 0.717) is 15.6 Å². The largest absolute Gasteiger partial charge is 0.323 e. The van der Waals surface area contributed by atoms with Crippen molar-refractivity contribution >= 4 is 45.8 Å². The highest BCUT2D eigenvalue weighted by Gasteiger charge is 2.13. The maximum absolute atomic E-state index is 11.3. The zero-order valence-corrected chi connectivity index (χ0v) is 12.4. The van der Waals surface area contributed by atoms with Crippen molar-refractivity contribution in [2.45, 2.75) is 5.38 Å². The minimum Gasteiger partial charge on any atom is -0.306 e. The molecule has 2 N–H and O–H groups in total. The summed E-state index contributed by atoms with van der Waals surface area (Å²) in [6.45, 7) is 0. The average molecular weight is 328 g/mol. The molecule has 1 atom stereocenters. The summed E-state index contributed by atoms with van der Waals surface area (Å²) >= 11 is 18.4. The molecule has 1 heterocycles. The molecule has 0 saturated heterocycles. The molecule has 3 aromatic rings. The summed E-state index contributed by atoms with van der Waals surface area (Å²) in [5.74, 6) is 0. The monoisotopic (exact) mass is 326 g/mol. The van der Waals surface area contributed by atoms with Gasteiger partial charge in [0.2, 0.25) is 0 Å². The Morgan fingerprint density at radius 3 is 2.20 bits per heavy atom. The number of nitrogens with one attached hydrogen (secondary N) is 2. The van der Waals surface area contributed by atoms with Crippen molar-refractivity contribution in [3.63, 3.8) is 0 Å². The smallest absolute Gasteiger partial charge is 0.306 e. The third kappa shape index (κ3) is 2.57. The Morgan fingerprint density at radius 1 is 0.850 bits per heavy atom. The van der Waals surface area contributed by atoms with Crippen LogP contribution in [0.4, 0.5) is 0 Å². The number of halogens is 3. The predicted molar refractivity (Wildman–Crippen MR) is 83.1 cm³/mol. The fraction of sp³-hybridized carbons (Fsp3) is 0.0714.